The van der Waals surface area contributed by atoms with Crippen molar-refractivity contribution in [2.45, 2.75) is 36.7 Å². The van der Waals surface area contributed by atoms with Crippen molar-refractivity contribution in [3.05, 3.63) is 76.5 Å². The van der Waals surface area contributed by atoms with Gasteiger partial charge in [0, 0.05) is 40.3 Å². The molecule has 4 aliphatic rings. The number of carboxylic acids is 1. The van der Waals surface area contributed by atoms with Crippen LogP contribution >= 0.6 is 0 Å². The Balaban J connectivity index is 1.57. The normalized spacial score (nSPS) is 29.0. The first-order valence-corrected chi connectivity index (χ1v) is 10.9. The number of aromatic amines is 1. The van der Waals surface area contributed by atoms with Crippen molar-refractivity contribution in [3.8, 4) is 0 Å². The summed E-state index contributed by atoms with van der Waals surface area (Å²) in [6.07, 6.45) is 5.80. The van der Waals surface area contributed by atoms with Gasteiger partial charge in [0.2, 0.25) is 0 Å². The standard InChI is InChI=1S/C25H21BF2N2O2/c26-25(22-18(27)9-14(10-19(22)28)5-6-21(31)32)23-17(16-3-1-2-4-20(16)29-23)7-8-30(25)24-11-15(12-24)13-24/h1-6,9-10,15,29H,7-8,11-13H2,(H,31,32)/b6-5+/t15?,24?,25-/m1/s1. The van der Waals surface area contributed by atoms with Gasteiger partial charge in [-0.2, -0.15) is 0 Å². The quantitative estimate of drug-likeness (QED) is 0.479. The van der Waals surface area contributed by atoms with Crippen LogP contribution in [0.3, 0.4) is 0 Å². The Kier molecular flexibility index (Phi) is 4.04. The van der Waals surface area contributed by atoms with Crippen LogP contribution in [0, 0.1) is 17.6 Å². The van der Waals surface area contributed by atoms with Crippen LogP contribution in [-0.4, -0.2) is 40.9 Å². The molecule has 2 bridgehead atoms. The van der Waals surface area contributed by atoms with E-state index < -0.39 is 23.0 Å². The molecule has 2 heterocycles. The van der Waals surface area contributed by atoms with Crippen molar-refractivity contribution in [2.24, 2.45) is 5.92 Å². The summed E-state index contributed by atoms with van der Waals surface area (Å²) in [4.78, 5) is 16.3. The second-order valence-electron chi connectivity index (χ2n) is 9.43. The third-order valence-electron chi connectivity index (χ3n) is 7.65. The van der Waals surface area contributed by atoms with E-state index in [0.29, 0.717) is 18.2 Å². The number of aromatic nitrogens is 1. The number of nitrogens with one attached hydrogen (secondary N) is 1. The molecule has 1 aliphatic heterocycles. The molecule has 160 valence electrons. The zero-order valence-corrected chi connectivity index (χ0v) is 17.4. The summed E-state index contributed by atoms with van der Waals surface area (Å²) >= 11 is 0. The number of benzene rings is 2. The molecule has 0 spiro atoms. The molecular weight excluding hydrogens is 409 g/mol. The Labute approximate surface area is 185 Å². The fourth-order valence-electron chi connectivity index (χ4n) is 6.18. The average molecular weight is 430 g/mol. The predicted molar refractivity (Wildman–Crippen MR) is 118 cm³/mol. The minimum absolute atomic E-state index is 0.116. The highest BCUT2D eigenvalue weighted by Crippen LogP contribution is 2.64. The van der Waals surface area contributed by atoms with Crippen LogP contribution in [0.2, 0.25) is 0 Å². The molecule has 3 aromatic rings. The van der Waals surface area contributed by atoms with Gasteiger partial charge >= 0.3 is 5.97 Å². The van der Waals surface area contributed by atoms with E-state index in [0.717, 1.165) is 60.4 Å². The highest BCUT2D eigenvalue weighted by atomic mass is 19.1. The van der Waals surface area contributed by atoms with Crippen LogP contribution in [0.25, 0.3) is 17.0 Å². The van der Waals surface area contributed by atoms with Crippen molar-refractivity contribution in [3.63, 3.8) is 0 Å². The van der Waals surface area contributed by atoms with E-state index in [9.17, 15) is 4.79 Å². The Morgan fingerprint density at radius 2 is 1.88 bits per heavy atom. The van der Waals surface area contributed by atoms with Crippen LogP contribution in [-0.2, 0) is 16.7 Å². The van der Waals surface area contributed by atoms with Crippen molar-refractivity contribution >= 4 is 30.8 Å². The minimum atomic E-state index is -1.48. The largest absolute Gasteiger partial charge is 0.478 e. The van der Waals surface area contributed by atoms with Crippen molar-refractivity contribution in [1.82, 2.24) is 9.88 Å². The Hall–Kier alpha value is -2.93. The minimum Gasteiger partial charge on any atom is -0.478 e. The van der Waals surface area contributed by atoms with Gasteiger partial charge < -0.3 is 10.1 Å². The van der Waals surface area contributed by atoms with E-state index >= 15 is 8.78 Å². The SMILES string of the molecule is [B][C@@]1(c2c(F)cc(/C=C/C(=O)O)cc2F)c2[nH]c3ccccc3c2CCN1C12CC(C1)C2. The summed E-state index contributed by atoms with van der Waals surface area (Å²) in [5.41, 5.74) is 0.882. The number of H-pyrrole nitrogens is 1. The molecular formula is C25H21BF2N2O2. The second-order valence-corrected chi connectivity index (χ2v) is 9.43. The Bertz CT molecular complexity index is 1280. The first kappa shape index (κ1) is 19.7. The third kappa shape index (κ3) is 2.54. The van der Waals surface area contributed by atoms with E-state index in [1.165, 1.54) is 6.08 Å². The molecule has 0 saturated heterocycles. The number of halogens is 2. The number of carboxylic acid groups (broad SMARTS) is 1. The number of para-hydroxylation sites is 1. The Morgan fingerprint density at radius 3 is 2.50 bits per heavy atom. The summed E-state index contributed by atoms with van der Waals surface area (Å²) in [5, 5.41) is 9.87. The van der Waals surface area contributed by atoms with Crippen LogP contribution in [0.5, 0.6) is 0 Å². The number of hydrogen-bond donors (Lipinski definition) is 2. The highest BCUT2D eigenvalue weighted by Gasteiger charge is 2.64. The van der Waals surface area contributed by atoms with E-state index in [-0.39, 0.29) is 16.7 Å². The van der Waals surface area contributed by atoms with Crippen LogP contribution in [0.15, 0.2) is 42.5 Å². The number of nitrogens with zero attached hydrogens (tertiary/aromatic N) is 1. The lowest BCUT2D eigenvalue weighted by atomic mass is 9.46. The summed E-state index contributed by atoms with van der Waals surface area (Å²) in [6, 6.07) is 10.1. The van der Waals surface area contributed by atoms with Crippen LogP contribution in [0.1, 0.15) is 41.6 Å². The van der Waals surface area contributed by atoms with E-state index in [1.807, 2.05) is 24.3 Å². The van der Waals surface area contributed by atoms with Gasteiger partial charge in [0.25, 0.3) is 0 Å². The van der Waals surface area contributed by atoms with Gasteiger partial charge in [0.15, 0.2) is 0 Å². The lowest BCUT2D eigenvalue weighted by Crippen LogP contribution is -2.74. The average Bonchev–Trinajstić information content (AvgIpc) is 3.06. The summed E-state index contributed by atoms with van der Waals surface area (Å²) in [6.45, 7) is 0.623. The highest BCUT2D eigenvalue weighted by molar-refractivity contribution is 6.18. The molecule has 2 aromatic carbocycles. The number of hydrogen-bond acceptors (Lipinski definition) is 2. The molecule has 32 heavy (non-hydrogen) atoms. The van der Waals surface area contributed by atoms with Crippen molar-refractivity contribution in [2.75, 3.05) is 6.54 Å². The van der Waals surface area contributed by atoms with Crippen LogP contribution < -0.4 is 0 Å². The summed E-state index contributed by atoms with van der Waals surface area (Å²) in [5.74, 6) is -2.06. The first-order chi connectivity index (χ1) is 15.3. The molecule has 2 N–H and O–H groups in total. The maximum absolute atomic E-state index is 15.6. The zero-order valence-electron chi connectivity index (χ0n) is 17.4. The second kappa shape index (κ2) is 6.55. The smallest absolute Gasteiger partial charge is 0.328 e. The van der Waals surface area contributed by atoms with Crippen molar-refractivity contribution in [1.29, 1.82) is 0 Å². The maximum Gasteiger partial charge on any atom is 0.328 e. The molecule has 7 heteroatoms. The monoisotopic (exact) mass is 430 g/mol. The summed E-state index contributed by atoms with van der Waals surface area (Å²) < 4.78 is 31.1. The fourth-order valence-corrected chi connectivity index (χ4v) is 6.18. The molecule has 2 radical (unpaired) electrons. The number of carbonyl (C=O) groups is 1. The van der Waals surface area contributed by atoms with Gasteiger partial charge in [-0.05, 0) is 67.0 Å². The molecule has 3 fully saturated rings. The van der Waals surface area contributed by atoms with E-state index in [2.05, 4.69) is 9.88 Å². The molecule has 1 atom stereocenters. The molecule has 0 amide bonds. The van der Waals surface area contributed by atoms with Gasteiger partial charge in [-0.3, -0.25) is 4.90 Å². The van der Waals surface area contributed by atoms with Gasteiger partial charge in [-0.25, -0.2) is 13.6 Å². The molecule has 3 saturated carbocycles. The lowest BCUT2D eigenvalue weighted by molar-refractivity contribution is -0.168. The van der Waals surface area contributed by atoms with E-state index in [1.54, 1.807) is 0 Å². The Morgan fingerprint density at radius 1 is 1.19 bits per heavy atom. The molecule has 0 unspecified atom stereocenters. The molecule has 4 nitrogen and oxygen atoms in total. The molecule has 3 aliphatic carbocycles. The van der Waals surface area contributed by atoms with Crippen LogP contribution in [0.4, 0.5) is 8.78 Å². The molecule has 1 aromatic heterocycles. The lowest BCUT2D eigenvalue weighted by Gasteiger charge is -2.71. The number of aliphatic carboxylic acids is 1. The van der Waals surface area contributed by atoms with Gasteiger partial charge in [0.05, 0.1) is 5.44 Å². The maximum atomic E-state index is 15.6. The van der Waals surface area contributed by atoms with Gasteiger partial charge in [-0.1, -0.05) is 18.2 Å². The zero-order chi connectivity index (χ0) is 22.3. The number of rotatable bonds is 4. The molecule has 7 rings (SSSR count). The van der Waals surface area contributed by atoms with Gasteiger partial charge in [0.1, 0.15) is 19.5 Å². The fraction of sp³-hybridized carbons (Fsp3) is 0.320. The number of fused-ring (bicyclic) bond motifs is 3. The predicted octanol–water partition coefficient (Wildman–Crippen LogP) is 4.32. The van der Waals surface area contributed by atoms with Crippen molar-refractivity contribution < 1.29 is 18.7 Å². The first-order valence-electron chi connectivity index (χ1n) is 10.9. The van der Waals surface area contributed by atoms with E-state index in [4.69, 9.17) is 13.0 Å². The summed E-state index contributed by atoms with van der Waals surface area (Å²) in [7, 11) is 7.10. The third-order valence-corrected chi connectivity index (χ3v) is 7.65. The topological polar surface area (TPSA) is 56.3 Å². The van der Waals surface area contributed by atoms with Gasteiger partial charge in [-0.15, -0.1) is 0 Å².